The van der Waals surface area contributed by atoms with Crippen LogP contribution in [0.3, 0.4) is 0 Å². The Morgan fingerprint density at radius 1 is 0.611 bits per heavy atom. The third-order valence-electron chi connectivity index (χ3n) is 8.58. The summed E-state index contributed by atoms with van der Waals surface area (Å²) in [6.45, 7) is 4.01. The molecule has 0 aliphatic rings. The predicted octanol–water partition coefficient (Wildman–Crippen LogP) is 11.1. The van der Waals surface area contributed by atoms with Crippen LogP contribution in [0.4, 0.5) is 0 Å². The molecule has 2 atom stereocenters. The Labute approximate surface area is 330 Å². The third kappa shape index (κ3) is 39.4. The molecule has 54 heavy (non-hydrogen) atoms. The fourth-order valence-corrected chi connectivity index (χ4v) is 6.00. The van der Waals surface area contributed by atoms with E-state index in [1.807, 2.05) is 39.4 Å². The van der Waals surface area contributed by atoms with Crippen LogP contribution in [-0.2, 0) is 32.7 Å². The minimum atomic E-state index is -4.63. The van der Waals surface area contributed by atoms with E-state index in [-0.39, 0.29) is 26.1 Å². The van der Waals surface area contributed by atoms with Gasteiger partial charge in [0.05, 0.1) is 27.7 Å². The second kappa shape index (κ2) is 36.4. The molecule has 0 aromatic rings. The molecular weight excluding hydrogens is 701 g/mol. The van der Waals surface area contributed by atoms with E-state index in [4.69, 9.17) is 18.5 Å². The molecule has 0 heterocycles. The van der Waals surface area contributed by atoms with Crippen LogP contribution >= 0.6 is 7.82 Å². The van der Waals surface area contributed by atoms with Crippen molar-refractivity contribution >= 4 is 19.8 Å². The summed E-state index contributed by atoms with van der Waals surface area (Å²) in [6, 6.07) is 0. The molecule has 0 aromatic heterocycles. The van der Waals surface area contributed by atoms with Crippen LogP contribution < -0.4 is 4.89 Å². The summed E-state index contributed by atoms with van der Waals surface area (Å²) >= 11 is 0. The van der Waals surface area contributed by atoms with Crippen molar-refractivity contribution in [3.63, 3.8) is 0 Å². The number of nitrogens with zero attached hydrogens (tertiary/aromatic N) is 1. The molecule has 312 valence electrons. The Morgan fingerprint density at radius 2 is 1.13 bits per heavy atom. The fraction of sp³-hybridized carbons (Fsp3) is 0.727. The number of phosphoric ester groups is 1. The van der Waals surface area contributed by atoms with Crippen LogP contribution in [0, 0.1) is 0 Å². The number of carbonyl (C=O) groups is 2. The summed E-state index contributed by atoms with van der Waals surface area (Å²) in [4.78, 5) is 37.4. The number of quaternary nitrogens is 1. The van der Waals surface area contributed by atoms with Gasteiger partial charge in [-0.05, 0) is 64.2 Å². The van der Waals surface area contributed by atoms with E-state index in [2.05, 4.69) is 56.4 Å². The van der Waals surface area contributed by atoms with Gasteiger partial charge in [-0.3, -0.25) is 14.2 Å². The van der Waals surface area contributed by atoms with E-state index < -0.39 is 32.5 Å². The van der Waals surface area contributed by atoms with Crippen molar-refractivity contribution in [2.45, 2.75) is 161 Å². The minimum absolute atomic E-state index is 0.0393. The maximum Gasteiger partial charge on any atom is 0.306 e. The van der Waals surface area contributed by atoms with Gasteiger partial charge in [-0.25, -0.2) is 0 Å². The average Bonchev–Trinajstić information content (AvgIpc) is 3.12. The zero-order valence-electron chi connectivity index (χ0n) is 34.9. The monoisotopic (exact) mass is 780 g/mol. The van der Waals surface area contributed by atoms with Crippen molar-refractivity contribution in [3.8, 4) is 0 Å². The largest absolute Gasteiger partial charge is 0.756 e. The number of hydrogen-bond acceptors (Lipinski definition) is 8. The zero-order chi connectivity index (χ0) is 40.0. The molecule has 2 unspecified atom stereocenters. The highest BCUT2D eigenvalue weighted by atomic mass is 31.2. The van der Waals surface area contributed by atoms with E-state index in [0.29, 0.717) is 23.9 Å². The number of phosphoric acid groups is 1. The van der Waals surface area contributed by atoms with Gasteiger partial charge in [-0.15, -0.1) is 0 Å². The molecule has 0 amide bonds. The van der Waals surface area contributed by atoms with Gasteiger partial charge < -0.3 is 27.9 Å². The maximum atomic E-state index is 12.6. The Hall–Kier alpha value is -2.29. The van der Waals surface area contributed by atoms with Crippen LogP contribution in [0.15, 0.2) is 60.8 Å². The SMILES string of the molecule is CC/C=C/C=C/C=C/CCCCCCCC(=O)OC(COC(=O)CCCCCCCCC/C=C/C/C=C/CCCCC)COP(=O)([O-])OCC[N+](C)(C)C. The van der Waals surface area contributed by atoms with Gasteiger partial charge in [0.25, 0.3) is 7.82 Å². The molecule has 0 saturated heterocycles. The Morgan fingerprint density at radius 3 is 1.70 bits per heavy atom. The quantitative estimate of drug-likeness (QED) is 0.0153. The van der Waals surface area contributed by atoms with Gasteiger partial charge >= 0.3 is 11.9 Å². The van der Waals surface area contributed by atoms with Crippen LogP contribution in [-0.4, -0.2) is 70.0 Å². The Balaban J connectivity index is 4.41. The second-order valence-electron chi connectivity index (χ2n) is 15.0. The van der Waals surface area contributed by atoms with Crippen LogP contribution in [0.2, 0.25) is 0 Å². The summed E-state index contributed by atoms with van der Waals surface area (Å²) < 4.78 is 33.8. The number of ether oxygens (including phenoxy) is 2. The first-order valence-electron chi connectivity index (χ1n) is 21.0. The fourth-order valence-electron chi connectivity index (χ4n) is 5.27. The van der Waals surface area contributed by atoms with Gasteiger partial charge in [0.2, 0.25) is 0 Å². The van der Waals surface area contributed by atoms with E-state index in [9.17, 15) is 19.0 Å². The van der Waals surface area contributed by atoms with E-state index in [1.165, 1.54) is 44.9 Å². The lowest BCUT2D eigenvalue weighted by atomic mass is 10.1. The molecule has 0 aliphatic heterocycles. The number of likely N-dealkylation sites (N-methyl/N-ethyl adjacent to an activating group) is 1. The Bertz CT molecular complexity index is 1110. The normalized spacial score (nSPS) is 14.3. The number of hydrogen-bond donors (Lipinski definition) is 0. The molecule has 0 fully saturated rings. The molecule has 0 aromatic carbocycles. The molecule has 0 radical (unpaired) electrons. The molecule has 10 heteroatoms. The van der Waals surface area contributed by atoms with Crippen molar-refractivity contribution in [1.29, 1.82) is 0 Å². The lowest BCUT2D eigenvalue weighted by Gasteiger charge is -2.28. The van der Waals surface area contributed by atoms with E-state index in [0.717, 1.165) is 70.6 Å². The summed E-state index contributed by atoms with van der Waals surface area (Å²) in [5.74, 6) is -0.873. The molecule has 0 spiro atoms. The number of esters is 2. The van der Waals surface area contributed by atoms with Crippen molar-refractivity contribution in [2.24, 2.45) is 0 Å². The van der Waals surface area contributed by atoms with Gasteiger partial charge in [0.15, 0.2) is 6.10 Å². The lowest BCUT2D eigenvalue weighted by Crippen LogP contribution is -2.37. The summed E-state index contributed by atoms with van der Waals surface area (Å²) in [5.41, 5.74) is 0. The lowest BCUT2D eigenvalue weighted by molar-refractivity contribution is -0.870. The smallest absolute Gasteiger partial charge is 0.306 e. The van der Waals surface area contributed by atoms with Gasteiger partial charge in [0.1, 0.15) is 19.8 Å². The van der Waals surface area contributed by atoms with Gasteiger partial charge in [0, 0.05) is 12.8 Å². The first kappa shape index (κ1) is 51.7. The molecule has 0 N–H and O–H groups in total. The van der Waals surface area contributed by atoms with Crippen LogP contribution in [0.1, 0.15) is 155 Å². The zero-order valence-corrected chi connectivity index (χ0v) is 35.8. The summed E-state index contributed by atoms with van der Waals surface area (Å²) in [7, 11) is 1.13. The summed E-state index contributed by atoms with van der Waals surface area (Å²) in [5, 5.41) is 0. The van der Waals surface area contributed by atoms with Crippen LogP contribution in [0.25, 0.3) is 0 Å². The number of carbonyl (C=O) groups excluding carboxylic acids is 2. The topological polar surface area (TPSA) is 111 Å². The molecule has 0 aliphatic carbocycles. The number of rotatable bonds is 37. The standard InChI is InChI=1S/C44H78NO8P/c1-6-8-10-12-14-16-18-20-21-22-23-25-26-28-30-32-34-36-43(46)50-40-42(41-52-54(48,49)51-39-38-45(3,4)5)53-44(47)37-35-33-31-29-27-24-19-17-15-13-11-9-7-2/h9,11,13-17,19-21,42H,6-8,10,12,18,22-41H2,1-5H3/b11-9+,15-13+,16-14+,19-17+,21-20+. The Kier molecular flexibility index (Phi) is 34.8. The van der Waals surface area contributed by atoms with Crippen molar-refractivity contribution in [2.75, 3.05) is 47.5 Å². The highest BCUT2D eigenvalue weighted by Crippen LogP contribution is 2.38. The minimum Gasteiger partial charge on any atom is -0.756 e. The van der Waals surface area contributed by atoms with Crippen molar-refractivity contribution in [1.82, 2.24) is 0 Å². The first-order valence-corrected chi connectivity index (χ1v) is 22.5. The number of allylic oxidation sites excluding steroid dienone is 10. The molecule has 0 bridgehead atoms. The maximum absolute atomic E-state index is 12.6. The molecule has 9 nitrogen and oxygen atoms in total. The highest BCUT2D eigenvalue weighted by molar-refractivity contribution is 7.45. The van der Waals surface area contributed by atoms with Gasteiger partial charge in [-0.2, -0.15) is 0 Å². The molecular formula is C44H78NO8P. The summed E-state index contributed by atoms with van der Waals surface area (Å²) in [6.07, 6.45) is 42.4. The number of unbranched alkanes of at least 4 members (excludes halogenated alkanes) is 15. The van der Waals surface area contributed by atoms with E-state index >= 15 is 0 Å². The van der Waals surface area contributed by atoms with Gasteiger partial charge in [-0.1, -0.05) is 139 Å². The van der Waals surface area contributed by atoms with Crippen molar-refractivity contribution < 1.29 is 42.1 Å². The molecule has 0 rings (SSSR count). The predicted molar refractivity (Wildman–Crippen MR) is 222 cm³/mol. The second-order valence-corrected chi connectivity index (χ2v) is 16.4. The molecule has 0 saturated carbocycles. The van der Waals surface area contributed by atoms with E-state index in [1.54, 1.807) is 0 Å². The average molecular weight is 780 g/mol. The first-order chi connectivity index (χ1) is 26.0. The third-order valence-corrected chi connectivity index (χ3v) is 9.55. The van der Waals surface area contributed by atoms with Crippen molar-refractivity contribution in [3.05, 3.63) is 60.8 Å². The highest BCUT2D eigenvalue weighted by Gasteiger charge is 2.21. The van der Waals surface area contributed by atoms with Crippen LogP contribution in [0.5, 0.6) is 0 Å².